The summed E-state index contributed by atoms with van der Waals surface area (Å²) in [5.74, 6) is 1.92. The molecule has 1 N–H and O–H groups in total. The Kier molecular flexibility index (Phi) is 7.09. The molecule has 0 unspecified atom stereocenters. The van der Waals surface area contributed by atoms with Crippen LogP contribution >= 0.6 is 11.8 Å². The standard InChI is InChI=1S/C23H28N4O2S2/c1-2-31(28,29)21-10-9-18-11-14-27(15-12-20(18)17-21)13-6-16-30-23-24-22(25-26-23)19-7-4-3-5-8-19/h3-5,7-10,17H,2,6,11-16H2,1H3,(H,24,25,26). The second-order valence-electron chi connectivity index (χ2n) is 7.71. The topological polar surface area (TPSA) is 79.0 Å². The molecule has 0 aliphatic carbocycles. The highest BCUT2D eigenvalue weighted by Crippen LogP contribution is 2.22. The third-order valence-corrected chi connectivity index (χ3v) is 8.34. The zero-order chi connectivity index (χ0) is 21.7. The Bertz CT molecular complexity index is 1110. The molecule has 2 aromatic carbocycles. The number of nitrogens with zero attached hydrogens (tertiary/aromatic N) is 3. The quantitative estimate of drug-likeness (QED) is 0.410. The van der Waals surface area contributed by atoms with Gasteiger partial charge in [0, 0.05) is 24.4 Å². The summed E-state index contributed by atoms with van der Waals surface area (Å²) in [4.78, 5) is 7.51. The van der Waals surface area contributed by atoms with Crippen molar-refractivity contribution in [3.05, 3.63) is 59.7 Å². The lowest BCUT2D eigenvalue weighted by molar-refractivity contribution is 0.289. The van der Waals surface area contributed by atoms with Crippen molar-refractivity contribution in [2.45, 2.75) is 36.2 Å². The van der Waals surface area contributed by atoms with E-state index < -0.39 is 9.84 Å². The summed E-state index contributed by atoms with van der Waals surface area (Å²) in [7, 11) is -3.15. The van der Waals surface area contributed by atoms with Gasteiger partial charge in [0.1, 0.15) is 0 Å². The number of sulfone groups is 1. The summed E-state index contributed by atoms with van der Waals surface area (Å²) < 4.78 is 24.4. The molecule has 6 nitrogen and oxygen atoms in total. The smallest absolute Gasteiger partial charge is 0.208 e. The van der Waals surface area contributed by atoms with Crippen LogP contribution in [0.5, 0.6) is 0 Å². The lowest BCUT2D eigenvalue weighted by atomic mass is 10.0. The van der Waals surface area contributed by atoms with Crippen LogP contribution in [0, 0.1) is 0 Å². The van der Waals surface area contributed by atoms with Crippen molar-refractivity contribution >= 4 is 21.6 Å². The number of aromatic amines is 1. The highest BCUT2D eigenvalue weighted by Gasteiger charge is 2.18. The number of rotatable bonds is 8. The molecule has 1 aliphatic rings. The number of nitrogens with one attached hydrogen (secondary N) is 1. The Morgan fingerprint density at radius 3 is 2.61 bits per heavy atom. The van der Waals surface area contributed by atoms with E-state index in [0.29, 0.717) is 4.90 Å². The maximum atomic E-state index is 12.2. The Balaban J connectivity index is 1.25. The Morgan fingerprint density at radius 2 is 1.84 bits per heavy atom. The third-order valence-electron chi connectivity index (χ3n) is 5.67. The van der Waals surface area contributed by atoms with Gasteiger partial charge in [-0.3, -0.25) is 5.10 Å². The summed E-state index contributed by atoms with van der Waals surface area (Å²) in [6.45, 7) is 4.70. The van der Waals surface area contributed by atoms with Gasteiger partial charge in [-0.05, 0) is 49.1 Å². The summed E-state index contributed by atoms with van der Waals surface area (Å²) in [6.07, 6.45) is 2.93. The van der Waals surface area contributed by atoms with Crippen LogP contribution < -0.4 is 0 Å². The summed E-state index contributed by atoms with van der Waals surface area (Å²) in [6, 6.07) is 15.7. The Morgan fingerprint density at radius 1 is 1.06 bits per heavy atom. The first kappa shape index (κ1) is 22.0. The average molecular weight is 457 g/mol. The van der Waals surface area contributed by atoms with Crippen LogP contribution in [-0.2, 0) is 22.7 Å². The normalized spacial score (nSPS) is 14.9. The molecule has 1 aliphatic heterocycles. The van der Waals surface area contributed by atoms with Crippen molar-refractivity contribution in [3.63, 3.8) is 0 Å². The monoisotopic (exact) mass is 456 g/mol. The van der Waals surface area contributed by atoms with E-state index in [-0.39, 0.29) is 5.75 Å². The molecule has 0 radical (unpaired) electrons. The molecule has 0 atom stereocenters. The van der Waals surface area contributed by atoms with E-state index in [1.54, 1.807) is 24.8 Å². The van der Waals surface area contributed by atoms with Crippen LogP contribution in [0.4, 0.5) is 0 Å². The SMILES string of the molecule is CCS(=O)(=O)c1ccc2c(c1)CCN(CCCSc1n[nH]c(-c3ccccc3)n1)CC2. The van der Waals surface area contributed by atoms with Gasteiger partial charge in [-0.1, -0.05) is 55.1 Å². The van der Waals surface area contributed by atoms with Gasteiger partial charge in [-0.25, -0.2) is 13.4 Å². The lowest BCUT2D eigenvalue weighted by Crippen LogP contribution is -2.27. The first-order valence-corrected chi connectivity index (χ1v) is 13.4. The molecular weight excluding hydrogens is 428 g/mol. The van der Waals surface area contributed by atoms with Crippen LogP contribution in [0.25, 0.3) is 11.4 Å². The fourth-order valence-electron chi connectivity index (χ4n) is 3.82. The highest BCUT2D eigenvalue weighted by atomic mass is 32.2. The van der Waals surface area contributed by atoms with Gasteiger partial charge >= 0.3 is 0 Å². The number of fused-ring (bicyclic) bond motifs is 1. The first-order chi connectivity index (χ1) is 15.0. The predicted molar refractivity (Wildman–Crippen MR) is 125 cm³/mol. The number of benzene rings is 2. The molecule has 4 rings (SSSR count). The predicted octanol–water partition coefficient (Wildman–Crippen LogP) is 3.85. The molecule has 0 saturated carbocycles. The van der Waals surface area contributed by atoms with Gasteiger partial charge in [-0.2, -0.15) is 0 Å². The summed E-state index contributed by atoms with van der Waals surface area (Å²) in [5.41, 5.74) is 3.50. The van der Waals surface area contributed by atoms with Gasteiger partial charge in [-0.15, -0.1) is 5.10 Å². The highest BCUT2D eigenvalue weighted by molar-refractivity contribution is 7.99. The molecule has 8 heteroatoms. The minimum absolute atomic E-state index is 0.146. The van der Waals surface area contributed by atoms with Crippen molar-refractivity contribution in [2.75, 3.05) is 31.1 Å². The Hall–Kier alpha value is -2.16. The molecule has 0 bridgehead atoms. The number of thioether (sulfide) groups is 1. The van der Waals surface area contributed by atoms with Gasteiger partial charge in [0.2, 0.25) is 5.16 Å². The number of H-pyrrole nitrogens is 1. The van der Waals surface area contributed by atoms with E-state index in [4.69, 9.17) is 0 Å². The van der Waals surface area contributed by atoms with Crippen molar-refractivity contribution in [1.29, 1.82) is 0 Å². The van der Waals surface area contributed by atoms with Gasteiger partial charge < -0.3 is 4.90 Å². The van der Waals surface area contributed by atoms with Crippen molar-refractivity contribution in [3.8, 4) is 11.4 Å². The molecular formula is C23H28N4O2S2. The number of hydrogen-bond donors (Lipinski definition) is 1. The average Bonchev–Trinajstić information content (AvgIpc) is 3.18. The molecule has 31 heavy (non-hydrogen) atoms. The van der Waals surface area contributed by atoms with E-state index in [9.17, 15) is 8.42 Å². The minimum atomic E-state index is -3.15. The molecule has 164 valence electrons. The molecule has 2 heterocycles. The zero-order valence-corrected chi connectivity index (χ0v) is 19.4. The Labute approximate surface area is 188 Å². The molecule has 0 saturated heterocycles. The minimum Gasteiger partial charge on any atom is -0.303 e. The molecule has 0 fully saturated rings. The van der Waals surface area contributed by atoms with Gasteiger partial charge in [0.15, 0.2) is 15.7 Å². The second kappa shape index (κ2) is 9.97. The molecule has 3 aromatic rings. The number of hydrogen-bond acceptors (Lipinski definition) is 6. The van der Waals surface area contributed by atoms with E-state index in [1.807, 2.05) is 42.5 Å². The fourth-order valence-corrected chi connectivity index (χ4v) is 5.47. The summed E-state index contributed by atoms with van der Waals surface area (Å²) in [5, 5.41) is 8.12. The van der Waals surface area contributed by atoms with Crippen LogP contribution in [0.15, 0.2) is 58.6 Å². The lowest BCUT2D eigenvalue weighted by Gasteiger charge is -2.19. The van der Waals surface area contributed by atoms with Crippen LogP contribution in [-0.4, -0.2) is 59.6 Å². The second-order valence-corrected chi connectivity index (χ2v) is 11.1. The van der Waals surface area contributed by atoms with E-state index in [0.717, 1.165) is 61.2 Å². The molecule has 0 spiro atoms. The largest absolute Gasteiger partial charge is 0.303 e. The van der Waals surface area contributed by atoms with Crippen molar-refractivity contribution < 1.29 is 8.42 Å². The fraction of sp³-hybridized carbons (Fsp3) is 0.391. The van der Waals surface area contributed by atoms with Crippen LogP contribution in [0.1, 0.15) is 24.5 Å². The van der Waals surface area contributed by atoms with Crippen LogP contribution in [0.2, 0.25) is 0 Å². The van der Waals surface area contributed by atoms with Gasteiger partial charge in [0.05, 0.1) is 10.6 Å². The van der Waals surface area contributed by atoms with E-state index >= 15 is 0 Å². The first-order valence-electron chi connectivity index (χ1n) is 10.7. The van der Waals surface area contributed by atoms with E-state index in [1.165, 1.54) is 11.1 Å². The van der Waals surface area contributed by atoms with Crippen molar-refractivity contribution in [2.24, 2.45) is 0 Å². The maximum absolute atomic E-state index is 12.2. The maximum Gasteiger partial charge on any atom is 0.208 e. The van der Waals surface area contributed by atoms with E-state index in [2.05, 4.69) is 20.1 Å². The summed E-state index contributed by atoms with van der Waals surface area (Å²) >= 11 is 1.68. The molecule has 0 amide bonds. The molecule has 1 aromatic heterocycles. The van der Waals surface area contributed by atoms with Crippen molar-refractivity contribution in [1.82, 2.24) is 20.1 Å². The van der Waals surface area contributed by atoms with Gasteiger partial charge in [0.25, 0.3) is 0 Å². The zero-order valence-electron chi connectivity index (χ0n) is 17.8. The van der Waals surface area contributed by atoms with Crippen LogP contribution in [0.3, 0.4) is 0 Å². The third kappa shape index (κ3) is 5.56. The number of aromatic nitrogens is 3.